The highest BCUT2D eigenvalue weighted by Crippen LogP contribution is 1.97. The molecule has 0 spiro atoms. The van der Waals surface area contributed by atoms with Crippen molar-refractivity contribution in [2.45, 2.75) is 0 Å². The van der Waals surface area contributed by atoms with Crippen LogP contribution in [0.15, 0.2) is 0 Å². The van der Waals surface area contributed by atoms with Crippen molar-refractivity contribution in [1.82, 2.24) is 4.53 Å². The number of hydrogen-bond donors (Lipinski definition) is 0. The summed E-state index contributed by atoms with van der Waals surface area (Å²) in [5.41, 5.74) is 0. The van der Waals surface area contributed by atoms with Crippen LogP contribution in [0.3, 0.4) is 0 Å². The molecule has 3 nitrogen and oxygen atoms in total. The molecule has 0 rings (SSSR count). The molecule has 56 valence electrons. The van der Waals surface area contributed by atoms with Crippen LogP contribution in [0.1, 0.15) is 0 Å². The molecular formula is C3H7ClFNO2S. The summed E-state index contributed by atoms with van der Waals surface area (Å²) < 4.78 is 32.3. The van der Waals surface area contributed by atoms with Crippen LogP contribution in [0.5, 0.6) is 0 Å². The van der Waals surface area contributed by atoms with Gasteiger partial charge in [-0.3, -0.25) is 0 Å². The highest BCUT2D eigenvalue weighted by molar-refractivity contribution is 7.89. The van der Waals surface area contributed by atoms with E-state index in [2.05, 4.69) is 0 Å². The van der Waals surface area contributed by atoms with E-state index in [1.807, 2.05) is 0 Å². The Morgan fingerprint density at radius 3 is 2.22 bits per heavy atom. The van der Waals surface area contributed by atoms with Crippen LogP contribution >= 0.6 is 11.6 Å². The predicted octanol–water partition coefficient (Wildman–Crippen LogP) is 0.371. The molecule has 0 aliphatic heterocycles. The number of halogens is 2. The molecule has 9 heavy (non-hydrogen) atoms. The Morgan fingerprint density at radius 2 is 2.11 bits per heavy atom. The fourth-order valence-electron chi connectivity index (χ4n) is 0.223. The molecule has 0 aromatic heterocycles. The SMILES string of the molecule is CN(F)S(=O)(=O)CCCl. The number of hydrogen-bond acceptors (Lipinski definition) is 2. The number of alkyl halides is 1. The Bertz CT molecular complexity index is 167. The van der Waals surface area contributed by atoms with Gasteiger partial charge in [0.25, 0.3) is 0 Å². The van der Waals surface area contributed by atoms with E-state index in [1.54, 1.807) is 0 Å². The van der Waals surface area contributed by atoms with E-state index in [0.717, 1.165) is 7.05 Å². The van der Waals surface area contributed by atoms with Crippen molar-refractivity contribution in [1.29, 1.82) is 0 Å². The van der Waals surface area contributed by atoms with E-state index in [4.69, 9.17) is 11.6 Å². The summed E-state index contributed by atoms with van der Waals surface area (Å²) in [6, 6.07) is 0. The van der Waals surface area contributed by atoms with E-state index < -0.39 is 10.0 Å². The number of rotatable bonds is 3. The fraction of sp³-hybridized carbons (Fsp3) is 1.00. The second-order valence-corrected chi connectivity index (χ2v) is 3.85. The van der Waals surface area contributed by atoms with E-state index in [0.29, 0.717) is 0 Å². The third kappa shape index (κ3) is 2.98. The third-order valence-corrected chi connectivity index (χ3v) is 2.62. The summed E-state index contributed by atoms with van der Waals surface area (Å²) in [5.74, 6) is -0.446. The van der Waals surface area contributed by atoms with E-state index >= 15 is 0 Å². The monoisotopic (exact) mass is 175 g/mol. The molecule has 0 aliphatic rings. The lowest BCUT2D eigenvalue weighted by Crippen LogP contribution is -2.22. The zero-order valence-corrected chi connectivity index (χ0v) is 6.41. The van der Waals surface area contributed by atoms with Gasteiger partial charge in [0.05, 0.1) is 5.75 Å². The molecule has 0 bridgehead atoms. The van der Waals surface area contributed by atoms with Gasteiger partial charge < -0.3 is 0 Å². The highest BCUT2D eigenvalue weighted by atomic mass is 35.5. The molecule has 0 N–H and O–H groups in total. The summed E-state index contributed by atoms with van der Waals surface area (Å²) in [5, 5.41) is 0. The van der Waals surface area contributed by atoms with Gasteiger partial charge in [-0.25, -0.2) is 8.42 Å². The molecule has 0 aliphatic carbocycles. The van der Waals surface area contributed by atoms with Crippen molar-refractivity contribution in [2.75, 3.05) is 18.7 Å². The van der Waals surface area contributed by atoms with Gasteiger partial charge in [-0.05, 0) is 4.53 Å². The minimum Gasteiger partial charge on any atom is -0.210 e. The normalized spacial score (nSPS) is 12.4. The van der Waals surface area contributed by atoms with Gasteiger partial charge in [0.15, 0.2) is 0 Å². The summed E-state index contributed by atoms with van der Waals surface area (Å²) in [7, 11) is -2.89. The molecule has 0 saturated heterocycles. The molecule has 0 aromatic rings. The maximum atomic E-state index is 11.9. The summed E-state index contributed by atoms with van der Waals surface area (Å²) in [4.78, 5) is 0. The number of sulfonamides is 1. The quantitative estimate of drug-likeness (QED) is 0.459. The summed E-state index contributed by atoms with van der Waals surface area (Å²) in [6.45, 7) is 0. The Hall–Kier alpha value is 0.130. The van der Waals surface area contributed by atoms with E-state index in [9.17, 15) is 12.9 Å². The molecule has 0 aromatic carbocycles. The number of nitrogens with zero attached hydrogens (tertiary/aromatic N) is 1. The van der Waals surface area contributed by atoms with Crippen molar-refractivity contribution in [3.63, 3.8) is 0 Å². The molecule has 0 unspecified atom stereocenters. The van der Waals surface area contributed by atoms with Crippen LogP contribution in [0, 0.1) is 0 Å². The minimum atomic E-state index is -3.71. The van der Waals surface area contributed by atoms with Gasteiger partial charge in [0.2, 0.25) is 10.0 Å². The molecule has 0 saturated carbocycles. The van der Waals surface area contributed by atoms with Crippen molar-refractivity contribution in [3.8, 4) is 0 Å². The Labute approximate surface area is 58.4 Å². The lowest BCUT2D eigenvalue weighted by Gasteiger charge is -2.02. The molecule has 0 atom stereocenters. The molecule has 0 fully saturated rings. The van der Waals surface area contributed by atoms with Gasteiger partial charge >= 0.3 is 0 Å². The van der Waals surface area contributed by atoms with Crippen LogP contribution in [0.25, 0.3) is 0 Å². The maximum absolute atomic E-state index is 11.9. The van der Waals surface area contributed by atoms with Crippen molar-refractivity contribution < 1.29 is 12.9 Å². The zero-order valence-electron chi connectivity index (χ0n) is 4.84. The highest BCUT2D eigenvalue weighted by Gasteiger charge is 2.15. The molecular weight excluding hydrogens is 169 g/mol. The second-order valence-electron chi connectivity index (χ2n) is 1.40. The van der Waals surface area contributed by atoms with E-state index in [-0.39, 0.29) is 16.2 Å². The average molecular weight is 176 g/mol. The first-order valence-corrected chi connectivity index (χ1v) is 4.33. The zero-order chi connectivity index (χ0) is 7.49. The third-order valence-electron chi connectivity index (χ3n) is 0.718. The molecule has 6 heteroatoms. The average Bonchev–Trinajstić information content (AvgIpc) is 1.65. The Balaban J connectivity index is 4.05. The van der Waals surface area contributed by atoms with E-state index in [1.165, 1.54) is 0 Å². The summed E-state index contributed by atoms with van der Waals surface area (Å²) in [6.07, 6.45) is 0. The van der Waals surface area contributed by atoms with Crippen LogP contribution < -0.4 is 0 Å². The molecule has 0 heterocycles. The maximum Gasteiger partial charge on any atom is 0.241 e. The topological polar surface area (TPSA) is 37.4 Å². The largest absolute Gasteiger partial charge is 0.241 e. The van der Waals surface area contributed by atoms with Crippen LogP contribution in [-0.4, -0.2) is 31.6 Å². The van der Waals surface area contributed by atoms with Crippen LogP contribution in [0.4, 0.5) is 4.48 Å². The molecule has 0 radical (unpaired) electrons. The predicted molar refractivity (Wildman–Crippen MR) is 33.4 cm³/mol. The fourth-order valence-corrected chi connectivity index (χ4v) is 1.25. The van der Waals surface area contributed by atoms with Crippen LogP contribution in [0.2, 0.25) is 0 Å². The van der Waals surface area contributed by atoms with Gasteiger partial charge in [-0.1, -0.05) is 0 Å². The Kier molecular flexibility index (Phi) is 3.38. The van der Waals surface area contributed by atoms with Gasteiger partial charge in [0, 0.05) is 12.9 Å². The van der Waals surface area contributed by atoms with Crippen molar-refractivity contribution in [3.05, 3.63) is 0 Å². The van der Waals surface area contributed by atoms with Crippen molar-refractivity contribution in [2.24, 2.45) is 0 Å². The first-order chi connectivity index (χ1) is 4.00. The first-order valence-electron chi connectivity index (χ1n) is 2.19. The second kappa shape index (κ2) is 3.34. The Morgan fingerprint density at radius 1 is 1.67 bits per heavy atom. The van der Waals surface area contributed by atoms with Crippen molar-refractivity contribution >= 4 is 21.6 Å². The lowest BCUT2D eigenvalue weighted by atomic mass is 11.0. The smallest absolute Gasteiger partial charge is 0.210 e. The van der Waals surface area contributed by atoms with Gasteiger partial charge in [-0.2, -0.15) is 0 Å². The summed E-state index contributed by atoms with van der Waals surface area (Å²) >= 11 is 5.06. The standard InChI is InChI=1S/C3H7ClFNO2S/c1-6(5)9(7,8)3-2-4/h2-3H2,1H3. The minimum absolute atomic E-state index is 0.0867. The van der Waals surface area contributed by atoms with Gasteiger partial charge in [-0.15, -0.1) is 16.1 Å². The molecule has 0 amide bonds. The van der Waals surface area contributed by atoms with Crippen LogP contribution in [-0.2, 0) is 10.0 Å². The first kappa shape index (κ1) is 9.13. The van der Waals surface area contributed by atoms with Gasteiger partial charge in [0.1, 0.15) is 0 Å². The lowest BCUT2D eigenvalue weighted by molar-refractivity contribution is 0.178.